The average Bonchev–Trinajstić information content (AvgIpc) is 2.90. The minimum atomic E-state index is -4.34. The van der Waals surface area contributed by atoms with Gasteiger partial charge in [0.1, 0.15) is 0 Å². The Labute approximate surface area is 124 Å². The fourth-order valence-electron chi connectivity index (χ4n) is 1.92. The predicted molar refractivity (Wildman–Crippen MR) is 76.0 cm³/mol. The zero-order valence-corrected chi connectivity index (χ0v) is 12.1. The van der Waals surface area contributed by atoms with E-state index in [4.69, 9.17) is 0 Å². The highest BCUT2D eigenvalue weighted by molar-refractivity contribution is 7.07. The Kier molecular flexibility index (Phi) is 4.67. The van der Waals surface area contributed by atoms with Crippen LogP contribution in [-0.4, -0.2) is 5.91 Å². The fourth-order valence-corrected chi connectivity index (χ4v) is 2.58. The van der Waals surface area contributed by atoms with Crippen LogP contribution in [0.3, 0.4) is 0 Å². The smallest absolute Gasteiger partial charge is 0.349 e. The molecule has 112 valence electrons. The topological polar surface area (TPSA) is 29.1 Å². The molecule has 0 unspecified atom stereocenters. The lowest BCUT2D eigenvalue weighted by molar-refractivity contribution is -0.137. The molecular formula is C15H14F3NOS. The van der Waals surface area contributed by atoms with E-state index in [1.54, 1.807) is 6.92 Å². The van der Waals surface area contributed by atoms with Gasteiger partial charge in [0.25, 0.3) is 0 Å². The number of nitrogens with one attached hydrogen (secondary N) is 1. The van der Waals surface area contributed by atoms with Crippen LogP contribution >= 0.6 is 11.3 Å². The monoisotopic (exact) mass is 313 g/mol. The molecule has 0 aliphatic carbocycles. The van der Waals surface area contributed by atoms with E-state index in [1.165, 1.54) is 23.5 Å². The minimum absolute atomic E-state index is 0.152. The number of halogens is 3. The molecule has 2 rings (SSSR count). The zero-order valence-electron chi connectivity index (χ0n) is 11.3. The maximum absolute atomic E-state index is 12.5. The van der Waals surface area contributed by atoms with E-state index in [0.29, 0.717) is 5.56 Å². The first-order chi connectivity index (χ1) is 9.86. The van der Waals surface area contributed by atoms with E-state index >= 15 is 0 Å². The summed E-state index contributed by atoms with van der Waals surface area (Å²) < 4.78 is 37.4. The van der Waals surface area contributed by atoms with Crippen molar-refractivity contribution in [1.29, 1.82) is 0 Å². The molecule has 1 aromatic carbocycles. The van der Waals surface area contributed by atoms with E-state index in [2.05, 4.69) is 5.32 Å². The summed E-state index contributed by atoms with van der Waals surface area (Å²) in [4.78, 5) is 11.8. The summed E-state index contributed by atoms with van der Waals surface area (Å²) in [5, 5.41) is 6.56. The summed E-state index contributed by atoms with van der Waals surface area (Å²) in [5.74, 6) is -0.152. The molecule has 0 radical (unpaired) electrons. The van der Waals surface area contributed by atoms with Gasteiger partial charge in [0, 0.05) is 0 Å². The van der Waals surface area contributed by atoms with Crippen LogP contribution in [-0.2, 0) is 17.4 Å². The number of rotatable bonds is 4. The summed E-state index contributed by atoms with van der Waals surface area (Å²) >= 11 is 1.51. The molecule has 0 bridgehead atoms. The molecule has 0 fully saturated rings. The lowest BCUT2D eigenvalue weighted by Crippen LogP contribution is -2.28. The van der Waals surface area contributed by atoms with Crippen molar-refractivity contribution >= 4 is 17.2 Å². The second-order valence-electron chi connectivity index (χ2n) is 4.72. The quantitative estimate of drug-likeness (QED) is 0.901. The molecule has 2 nitrogen and oxygen atoms in total. The molecule has 2 aromatic rings. The Balaban J connectivity index is 1.96. The van der Waals surface area contributed by atoms with Crippen LogP contribution in [0.2, 0.25) is 0 Å². The van der Waals surface area contributed by atoms with Crippen LogP contribution in [0.1, 0.15) is 29.7 Å². The first-order valence-electron chi connectivity index (χ1n) is 6.34. The van der Waals surface area contributed by atoms with Crippen molar-refractivity contribution in [2.75, 3.05) is 0 Å². The van der Waals surface area contributed by atoms with Gasteiger partial charge >= 0.3 is 6.18 Å². The van der Waals surface area contributed by atoms with Gasteiger partial charge in [0.05, 0.1) is 18.0 Å². The van der Waals surface area contributed by atoms with Gasteiger partial charge in [-0.1, -0.05) is 12.1 Å². The zero-order chi connectivity index (χ0) is 15.5. The number of carbonyl (C=O) groups is 1. The van der Waals surface area contributed by atoms with Gasteiger partial charge in [-0.3, -0.25) is 4.79 Å². The number of hydrogen-bond donors (Lipinski definition) is 1. The summed E-state index contributed by atoms with van der Waals surface area (Å²) in [6.45, 7) is 1.74. The molecule has 1 heterocycles. The van der Waals surface area contributed by atoms with Crippen LogP contribution in [0.4, 0.5) is 13.2 Å². The normalized spacial score (nSPS) is 13.0. The Morgan fingerprint density at radius 1 is 1.24 bits per heavy atom. The Hall–Kier alpha value is -1.82. The van der Waals surface area contributed by atoms with Crippen LogP contribution in [0, 0.1) is 0 Å². The third-order valence-electron chi connectivity index (χ3n) is 3.06. The maximum Gasteiger partial charge on any atom is 0.416 e. The number of amides is 1. The van der Waals surface area contributed by atoms with E-state index in [9.17, 15) is 18.0 Å². The summed E-state index contributed by atoms with van der Waals surface area (Å²) in [5.41, 5.74) is 0.877. The van der Waals surface area contributed by atoms with Gasteiger partial charge < -0.3 is 5.32 Å². The van der Waals surface area contributed by atoms with E-state index in [-0.39, 0.29) is 18.4 Å². The average molecular weight is 313 g/mol. The first-order valence-corrected chi connectivity index (χ1v) is 7.28. The van der Waals surface area contributed by atoms with Crippen LogP contribution < -0.4 is 5.32 Å². The summed E-state index contributed by atoms with van der Waals surface area (Å²) in [7, 11) is 0. The van der Waals surface area contributed by atoms with Crippen molar-refractivity contribution < 1.29 is 18.0 Å². The number of hydrogen-bond acceptors (Lipinski definition) is 2. The third kappa shape index (κ3) is 4.32. The number of benzene rings is 1. The predicted octanol–water partition coefficient (Wildman–Crippen LogP) is 4.19. The Bertz CT molecular complexity index is 590. The van der Waals surface area contributed by atoms with Gasteiger partial charge in [0.15, 0.2) is 0 Å². The third-order valence-corrected chi connectivity index (χ3v) is 3.79. The molecule has 6 heteroatoms. The largest absolute Gasteiger partial charge is 0.416 e. The van der Waals surface area contributed by atoms with Crippen LogP contribution in [0.5, 0.6) is 0 Å². The second-order valence-corrected chi connectivity index (χ2v) is 5.50. The molecule has 0 aliphatic rings. The van der Waals surface area contributed by atoms with E-state index < -0.39 is 11.7 Å². The molecule has 0 aliphatic heterocycles. The number of thiophene rings is 1. The van der Waals surface area contributed by atoms with E-state index in [1.807, 2.05) is 16.8 Å². The number of alkyl halides is 3. The molecule has 1 atom stereocenters. The molecule has 1 N–H and O–H groups in total. The van der Waals surface area contributed by atoms with Gasteiger partial charge in [-0.15, -0.1) is 0 Å². The summed E-state index contributed by atoms with van der Waals surface area (Å²) in [6.07, 6.45) is -4.07. The van der Waals surface area contributed by atoms with Gasteiger partial charge in [0.2, 0.25) is 5.91 Å². The molecular weight excluding hydrogens is 299 g/mol. The molecule has 1 amide bonds. The minimum Gasteiger partial charge on any atom is -0.349 e. The molecule has 0 saturated heterocycles. The van der Waals surface area contributed by atoms with Crippen molar-refractivity contribution in [2.45, 2.75) is 25.6 Å². The maximum atomic E-state index is 12.5. The standard InChI is InChI=1S/C15H14F3NOS/c1-10(19-14(20)8-11-6-7-21-9-11)12-2-4-13(5-3-12)15(16,17)18/h2-7,9-10H,8H2,1H3,(H,19,20)/t10-/m1/s1. The SMILES string of the molecule is C[C@@H](NC(=O)Cc1ccsc1)c1ccc(C(F)(F)F)cc1. The van der Waals surface area contributed by atoms with E-state index in [0.717, 1.165) is 17.7 Å². The first kappa shape index (κ1) is 15.6. The molecule has 1 aromatic heterocycles. The van der Waals surface area contributed by atoms with Crippen molar-refractivity contribution in [3.63, 3.8) is 0 Å². The Morgan fingerprint density at radius 3 is 2.43 bits per heavy atom. The number of carbonyl (C=O) groups excluding carboxylic acids is 1. The lowest BCUT2D eigenvalue weighted by Gasteiger charge is -2.15. The lowest BCUT2D eigenvalue weighted by atomic mass is 10.1. The van der Waals surface area contributed by atoms with Crippen LogP contribution in [0.25, 0.3) is 0 Å². The second kappa shape index (κ2) is 6.30. The van der Waals surface area contributed by atoms with Gasteiger partial charge in [-0.05, 0) is 47.0 Å². The highest BCUT2D eigenvalue weighted by Gasteiger charge is 2.30. The molecule has 21 heavy (non-hydrogen) atoms. The van der Waals surface area contributed by atoms with Crippen molar-refractivity contribution in [1.82, 2.24) is 5.32 Å². The summed E-state index contributed by atoms with van der Waals surface area (Å²) in [6, 6.07) is 6.36. The van der Waals surface area contributed by atoms with Crippen LogP contribution in [0.15, 0.2) is 41.1 Å². The highest BCUT2D eigenvalue weighted by atomic mass is 32.1. The Morgan fingerprint density at radius 2 is 1.90 bits per heavy atom. The highest BCUT2D eigenvalue weighted by Crippen LogP contribution is 2.29. The fraction of sp³-hybridized carbons (Fsp3) is 0.267. The van der Waals surface area contributed by atoms with Crippen molar-refractivity contribution in [3.8, 4) is 0 Å². The van der Waals surface area contributed by atoms with Crippen molar-refractivity contribution in [3.05, 3.63) is 57.8 Å². The van der Waals surface area contributed by atoms with Gasteiger partial charge in [-0.25, -0.2) is 0 Å². The molecule has 0 saturated carbocycles. The van der Waals surface area contributed by atoms with Gasteiger partial charge in [-0.2, -0.15) is 24.5 Å². The van der Waals surface area contributed by atoms with Crippen molar-refractivity contribution in [2.24, 2.45) is 0 Å². The molecule has 0 spiro atoms.